The molecular weight excluding hydrogens is 249 g/mol. The Balaban J connectivity index is 1.96. The fourth-order valence-electron chi connectivity index (χ4n) is 2.09. The zero-order valence-electron chi connectivity index (χ0n) is 11.1. The smallest absolute Gasteiger partial charge is 0.323 e. The average Bonchev–Trinajstić information content (AvgIpc) is 2.77. The molecule has 5 heteroatoms. The third-order valence-electron chi connectivity index (χ3n) is 3.66. The first kappa shape index (κ1) is 13.8. The quantitative estimate of drug-likeness (QED) is 0.856. The molecule has 104 valence electrons. The summed E-state index contributed by atoms with van der Waals surface area (Å²) in [4.78, 5) is 11.2. The number of halogens is 1. The second kappa shape index (κ2) is 5.17. The third kappa shape index (κ3) is 2.87. The van der Waals surface area contributed by atoms with Crippen molar-refractivity contribution < 1.29 is 19.0 Å². The van der Waals surface area contributed by atoms with Crippen LogP contribution in [0.15, 0.2) is 18.2 Å². The van der Waals surface area contributed by atoms with Crippen molar-refractivity contribution in [3.8, 4) is 5.75 Å². The second-order valence-corrected chi connectivity index (χ2v) is 5.07. The van der Waals surface area contributed by atoms with Crippen molar-refractivity contribution in [3.05, 3.63) is 29.6 Å². The molecule has 2 N–H and O–H groups in total. The summed E-state index contributed by atoms with van der Waals surface area (Å²) >= 11 is 0. The zero-order chi connectivity index (χ0) is 14.0. The first-order valence-corrected chi connectivity index (χ1v) is 6.38. The van der Waals surface area contributed by atoms with E-state index in [2.05, 4.69) is 5.32 Å². The number of rotatable bonds is 5. The van der Waals surface area contributed by atoms with Gasteiger partial charge in [-0.2, -0.15) is 0 Å². The number of nitrogens with one attached hydrogen (secondary N) is 1. The Hall–Kier alpha value is -1.62. The number of aliphatic carboxylic acids is 1. The van der Waals surface area contributed by atoms with E-state index < -0.39 is 11.5 Å². The molecule has 1 aromatic carbocycles. The SMILES string of the molecule is CCC(C)(NCC1Cc2cc(F)ccc2O1)C(=O)O. The summed E-state index contributed by atoms with van der Waals surface area (Å²) in [5.41, 5.74) is -0.121. The lowest BCUT2D eigenvalue weighted by molar-refractivity contribution is -0.144. The van der Waals surface area contributed by atoms with E-state index in [0.717, 1.165) is 5.56 Å². The Morgan fingerprint density at radius 2 is 2.37 bits per heavy atom. The molecule has 0 spiro atoms. The fraction of sp³-hybridized carbons (Fsp3) is 0.500. The Bertz CT molecular complexity index is 492. The molecule has 0 saturated carbocycles. The van der Waals surface area contributed by atoms with Gasteiger partial charge < -0.3 is 9.84 Å². The van der Waals surface area contributed by atoms with Crippen molar-refractivity contribution in [1.29, 1.82) is 0 Å². The van der Waals surface area contributed by atoms with Crippen LogP contribution in [0.4, 0.5) is 4.39 Å². The molecule has 0 bridgehead atoms. The first-order chi connectivity index (χ1) is 8.94. The average molecular weight is 267 g/mol. The Morgan fingerprint density at radius 1 is 1.63 bits per heavy atom. The van der Waals surface area contributed by atoms with E-state index in [1.54, 1.807) is 13.0 Å². The van der Waals surface area contributed by atoms with Gasteiger partial charge in [0.15, 0.2) is 0 Å². The van der Waals surface area contributed by atoms with Crippen LogP contribution in [-0.2, 0) is 11.2 Å². The van der Waals surface area contributed by atoms with Crippen molar-refractivity contribution >= 4 is 5.97 Å². The first-order valence-electron chi connectivity index (χ1n) is 6.38. The molecule has 0 aromatic heterocycles. The van der Waals surface area contributed by atoms with Crippen molar-refractivity contribution in [3.63, 3.8) is 0 Å². The highest BCUT2D eigenvalue weighted by molar-refractivity contribution is 5.78. The molecule has 1 aromatic rings. The van der Waals surface area contributed by atoms with Gasteiger partial charge in [0.1, 0.15) is 23.2 Å². The normalized spacial score (nSPS) is 20.5. The summed E-state index contributed by atoms with van der Waals surface area (Å²) in [5.74, 6) is -0.474. The number of fused-ring (bicyclic) bond motifs is 1. The molecular formula is C14H18FNO3. The molecule has 19 heavy (non-hydrogen) atoms. The zero-order valence-corrected chi connectivity index (χ0v) is 11.1. The fourth-order valence-corrected chi connectivity index (χ4v) is 2.09. The molecule has 2 atom stereocenters. The van der Waals surface area contributed by atoms with Crippen LogP contribution in [0.25, 0.3) is 0 Å². The minimum Gasteiger partial charge on any atom is -0.488 e. The summed E-state index contributed by atoms with van der Waals surface area (Å²) in [5, 5.41) is 12.2. The summed E-state index contributed by atoms with van der Waals surface area (Å²) in [6, 6.07) is 4.44. The van der Waals surface area contributed by atoms with E-state index in [0.29, 0.717) is 25.1 Å². The lowest BCUT2D eigenvalue weighted by atomic mass is 9.98. The number of ether oxygens (including phenoxy) is 1. The van der Waals surface area contributed by atoms with Crippen LogP contribution < -0.4 is 10.1 Å². The highest BCUT2D eigenvalue weighted by Gasteiger charge is 2.32. The number of benzene rings is 1. The van der Waals surface area contributed by atoms with E-state index in [1.165, 1.54) is 12.1 Å². The van der Waals surface area contributed by atoms with Gasteiger partial charge in [0.05, 0.1) is 0 Å². The van der Waals surface area contributed by atoms with Crippen LogP contribution in [-0.4, -0.2) is 29.3 Å². The number of hydrogen-bond donors (Lipinski definition) is 2. The van der Waals surface area contributed by atoms with Gasteiger partial charge >= 0.3 is 5.97 Å². The van der Waals surface area contributed by atoms with Crippen LogP contribution in [0, 0.1) is 5.82 Å². The molecule has 0 radical (unpaired) electrons. The minimum atomic E-state index is -0.955. The summed E-state index contributed by atoms with van der Waals surface area (Å²) in [6.45, 7) is 3.89. The Morgan fingerprint density at radius 3 is 3.00 bits per heavy atom. The van der Waals surface area contributed by atoms with Crippen LogP contribution in [0.3, 0.4) is 0 Å². The Labute approximate surface area is 111 Å². The van der Waals surface area contributed by atoms with Gasteiger partial charge in [-0.05, 0) is 31.5 Å². The highest BCUT2D eigenvalue weighted by Crippen LogP contribution is 2.29. The molecule has 1 aliphatic heterocycles. The van der Waals surface area contributed by atoms with Crippen molar-refractivity contribution in [2.75, 3.05) is 6.54 Å². The summed E-state index contributed by atoms with van der Waals surface area (Å²) in [6.07, 6.45) is 0.929. The van der Waals surface area contributed by atoms with Gasteiger partial charge in [0.25, 0.3) is 0 Å². The number of hydrogen-bond acceptors (Lipinski definition) is 3. The topological polar surface area (TPSA) is 58.6 Å². The minimum absolute atomic E-state index is 0.151. The highest BCUT2D eigenvalue weighted by atomic mass is 19.1. The van der Waals surface area contributed by atoms with E-state index in [-0.39, 0.29) is 11.9 Å². The van der Waals surface area contributed by atoms with Crippen LogP contribution in [0.2, 0.25) is 0 Å². The molecule has 0 amide bonds. The van der Waals surface area contributed by atoms with Crippen LogP contribution in [0.5, 0.6) is 5.75 Å². The summed E-state index contributed by atoms with van der Waals surface area (Å²) in [7, 11) is 0. The maximum atomic E-state index is 13.1. The molecule has 2 unspecified atom stereocenters. The predicted molar refractivity (Wildman–Crippen MR) is 68.9 cm³/mol. The van der Waals surface area contributed by atoms with Crippen LogP contribution >= 0.6 is 0 Å². The lowest BCUT2D eigenvalue weighted by Gasteiger charge is -2.26. The third-order valence-corrected chi connectivity index (χ3v) is 3.66. The van der Waals surface area contributed by atoms with E-state index >= 15 is 0 Å². The molecule has 0 fully saturated rings. The molecule has 0 saturated heterocycles. The van der Waals surface area contributed by atoms with Gasteiger partial charge in [-0.3, -0.25) is 10.1 Å². The van der Waals surface area contributed by atoms with Gasteiger partial charge in [0, 0.05) is 18.5 Å². The van der Waals surface area contributed by atoms with Gasteiger partial charge in [-0.15, -0.1) is 0 Å². The van der Waals surface area contributed by atoms with Gasteiger partial charge in [-0.25, -0.2) is 4.39 Å². The molecule has 2 rings (SSSR count). The molecule has 1 aliphatic rings. The van der Waals surface area contributed by atoms with Gasteiger partial charge in [-0.1, -0.05) is 6.92 Å². The lowest BCUT2D eigenvalue weighted by Crippen LogP contribution is -2.52. The van der Waals surface area contributed by atoms with Crippen molar-refractivity contribution in [2.24, 2.45) is 0 Å². The predicted octanol–water partition coefficient (Wildman–Crippen LogP) is 1.97. The largest absolute Gasteiger partial charge is 0.488 e. The monoisotopic (exact) mass is 267 g/mol. The molecule has 0 aliphatic carbocycles. The maximum absolute atomic E-state index is 13.1. The standard InChI is InChI=1S/C14H18FNO3/c1-3-14(2,13(17)18)16-8-11-7-9-6-10(15)4-5-12(9)19-11/h4-6,11,16H,3,7-8H2,1-2H3,(H,17,18). The van der Waals surface area contributed by atoms with E-state index in [1.807, 2.05) is 6.92 Å². The van der Waals surface area contributed by atoms with E-state index in [9.17, 15) is 9.18 Å². The van der Waals surface area contributed by atoms with Gasteiger partial charge in [0.2, 0.25) is 0 Å². The maximum Gasteiger partial charge on any atom is 0.323 e. The van der Waals surface area contributed by atoms with E-state index in [4.69, 9.17) is 9.84 Å². The molecule has 1 heterocycles. The number of carbonyl (C=O) groups is 1. The number of carboxylic acid groups (broad SMARTS) is 1. The number of carboxylic acids is 1. The van der Waals surface area contributed by atoms with Crippen molar-refractivity contribution in [1.82, 2.24) is 5.32 Å². The molecule has 4 nitrogen and oxygen atoms in total. The second-order valence-electron chi connectivity index (χ2n) is 5.07. The van der Waals surface area contributed by atoms with Crippen LogP contribution in [0.1, 0.15) is 25.8 Å². The Kier molecular flexibility index (Phi) is 3.75. The summed E-state index contributed by atoms with van der Waals surface area (Å²) < 4.78 is 18.7. The van der Waals surface area contributed by atoms with Crippen molar-refractivity contribution in [2.45, 2.75) is 38.3 Å².